The average Bonchev–Trinajstić information content (AvgIpc) is 2.43. The number of allylic oxidation sites excluding steroid dienone is 2. The Morgan fingerprint density at radius 2 is 1.68 bits per heavy atom. The SMILES string of the molecule is CC1(/C(=C/C=O)c2ccccc2)C(=O)CCCC1=O. The van der Waals surface area contributed by atoms with Gasteiger partial charge in [-0.3, -0.25) is 14.4 Å². The number of carbonyl (C=O) groups is 3. The lowest BCUT2D eigenvalue weighted by Crippen LogP contribution is -2.41. The molecule has 0 radical (unpaired) electrons. The Kier molecular flexibility index (Phi) is 3.74. The summed E-state index contributed by atoms with van der Waals surface area (Å²) in [6.07, 6.45) is 3.38. The normalized spacial score (nSPS) is 19.3. The van der Waals surface area contributed by atoms with E-state index in [4.69, 9.17) is 0 Å². The van der Waals surface area contributed by atoms with Gasteiger partial charge in [0.15, 0.2) is 11.6 Å². The highest BCUT2D eigenvalue weighted by Gasteiger charge is 2.45. The van der Waals surface area contributed by atoms with Gasteiger partial charge in [-0.05, 0) is 30.6 Å². The van der Waals surface area contributed by atoms with Gasteiger partial charge in [0.25, 0.3) is 0 Å². The van der Waals surface area contributed by atoms with Crippen LogP contribution in [-0.2, 0) is 14.4 Å². The van der Waals surface area contributed by atoms with Crippen LogP contribution in [-0.4, -0.2) is 17.9 Å². The standard InChI is InChI=1S/C16H16O3/c1-16(14(18)8-5-9-15(16)19)13(10-11-17)12-6-3-2-4-7-12/h2-4,6-7,10-11H,5,8-9H2,1H3/b13-10+. The molecule has 3 nitrogen and oxygen atoms in total. The highest BCUT2D eigenvalue weighted by Crippen LogP contribution is 2.41. The van der Waals surface area contributed by atoms with Crippen molar-refractivity contribution in [1.82, 2.24) is 0 Å². The van der Waals surface area contributed by atoms with Crippen LogP contribution in [0.3, 0.4) is 0 Å². The van der Waals surface area contributed by atoms with Crippen LogP contribution in [0.5, 0.6) is 0 Å². The quantitative estimate of drug-likeness (QED) is 0.474. The fraction of sp³-hybridized carbons (Fsp3) is 0.312. The summed E-state index contributed by atoms with van der Waals surface area (Å²) in [7, 11) is 0. The molecule has 98 valence electrons. The largest absolute Gasteiger partial charge is 0.299 e. The summed E-state index contributed by atoms with van der Waals surface area (Å²) in [5.74, 6) is -0.193. The fourth-order valence-electron chi connectivity index (χ4n) is 2.60. The molecular formula is C16H16O3. The second-order valence-electron chi connectivity index (χ2n) is 4.91. The molecule has 0 bridgehead atoms. The molecule has 0 atom stereocenters. The first-order chi connectivity index (χ1) is 9.10. The Balaban J connectivity index is 2.56. The van der Waals surface area contributed by atoms with Crippen molar-refractivity contribution in [2.45, 2.75) is 26.2 Å². The summed E-state index contributed by atoms with van der Waals surface area (Å²) in [6, 6.07) is 9.14. The van der Waals surface area contributed by atoms with Gasteiger partial charge >= 0.3 is 0 Å². The summed E-state index contributed by atoms with van der Waals surface area (Å²) in [5.41, 5.74) is 0.0825. The zero-order valence-corrected chi connectivity index (χ0v) is 10.9. The van der Waals surface area contributed by atoms with E-state index < -0.39 is 5.41 Å². The number of hydrogen-bond acceptors (Lipinski definition) is 3. The zero-order chi connectivity index (χ0) is 13.9. The van der Waals surface area contributed by atoms with Gasteiger partial charge < -0.3 is 0 Å². The lowest BCUT2D eigenvalue weighted by atomic mass is 9.66. The second kappa shape index (κ2) is 5.31. The van der Waals surface area contributed by atoms with Gasteiger partial charge in [0.05, 0.1) is 0 Å². The number of ketones is 2. The van der Waals surface area contributed by atoms with Crippen LogP contribution in [0, 0.1) is 5.41 Å². The van der Waals surface area contributed by atoms with E-state index in [9.17, 15) is 14.4 Å². The van der Waals surface area contributed by atoms with Crippen molar-refractivity contribution >= 4 is 23.4 Å². The van der Waals surface area contributed by atoms with Gasteiger partial charge in [0, 0.05) is 12.8 Å². The third-order valence-electron chi connectivity index (χ3n) is 3.78. The van der Waals surface area contributed by atoms with Crippen molar-refractivity contribution < 1.29 is 14.4 Å². The van der Waals surface area contributed by atoms with Crippen molar-refractivity contribution in [2.75, 3.05) is 0 Å². The third-order valence-corrected chi connectivity index (χ3v) is 3.78. The second-order valence-corrected chi connectivity index (χ2v) is 4.91. The summed E-state index contributed by atoms with van der Waals surface area (Å²) in [5, 5.41) is 0. The summed E-state index contributed by atoms with van der Waals surface area (Å²) in [4.78, 5) is 35.4. The Bertz CT molecular complexity index is 524. The Morgan fingerprint density at radius 3 is 2.21 bits per heavy atom. The molecule has 0 amide bonds. The van der Waals surface area contributed by atoms with E-state index in [-0.39, 0.29) is 11.6 Å². The Morgan fingerprint density at radius 1 is 1.11 bits per heavy atom. The maximum Gasteiger partial charge on any atom is 0.150 e. The number of rotatable bonds is 3. The van der Waals surface area contributed by atoms with Gasteiger partial charge in [-0.1, -0.05) is 30.3 Å². The van der Waals surface area contributed by atoms with Crippen molar-refractivity contribution in [3.05, 3.63) is 42.0 Å². The maximum atomic E-state index is 12.2. The molecular weight excluding hydrogens is 240 g/mol. The topological polar surface area (TPSA) is 51.2 Å². The molecule has 0 aliphatic heterocycles. The van der Waals surface area contributed by atoms with Crippen LogP contribution >= 0.6 is 0 Å². The molecule has 1 aliphatic rings. The van der Waals surface area contributed by atoms with Crippen molar-refractivity contribution in [1.29, 1.82) is 0 Å². The molecule has 2 rings (SSSR count). The van der Waals surface area contributed by atoms with Crippen molar-refractivity contribution in [3.8, 4) is 0 Å². The highest BCUT2D eigenvalue weighted by atomic mass is 16.2. The summed E-state index contributed by atoms with van der Waals surface area (Å²) in [6.45, 7) is 1.64. The monoisotopic (exact) mass is 256 g/mol. The van der Waals surface area contributed by atoms with E-state index >= 15 is 0 Å². The lowest BCUT2D eigenvalue weighted by Gasteiger charge is -2.33. The number of aldehydes is 1. The van der Waals surface area contributed by atoms with Crippen LogP contribution in [0.15, 0.2) is 36.4 Å². The van der Waals surface area contributed by atoms with Crippen LogP contribution in [0.4, 0.5) is 0 Å². The Labute approximate surface area is 112 Å². The number of benzene rings is 1. The minimum atomic E-state index is -1.18. The van der Waals surface area contributed by atoms with Crippen LogP contribution in [0.2, 0.25) is 0 Å². The molecule has 1 aliphatic carbocycles. The first kappa shape index (κ1) is 13.4. The predicted molar refractivity (Wildman–Crippen MR) is 72.5 cm³/mol. The molecule has 1 fully saturated rings. The highest BCUT2D eigenvalue weighted by molar-refractivity contribution is 6.19. The molecule has 1 aromatic rings. The van der Waals surface area contributed by atoms with Gasteiger partial charge in [0.2, 0.25) is 0 Å². The molecule has 0 N–H and O–H groups in total. The first-order valence-corrected chi connectivity index (χ1v) is 6.38. The molecule has 19 heavy (non-hydrogen) atoms. The predicted octanol–water partition coefficient (Wildman–Crippen LogP) is 2.60. The molecule has 0 heterocycles. The molecule has 0 spiro atoms. The smallest absolute Gasteiger partial charge is 0.150 e. The average molecular weight is 256 g/mol. The van der Waals surface area contributed by atoms with Gasteiger partial charge in [-0.15, -0.1) is 0 Å². The lowest BCUT2D eigenvalue weighted by molar-refractivity contribution is -0.138. The molecule has 3 heteroatoms. The first-order valence-electron chi connectivity index (χ1n) is 6.38. The van der Waals surface area contributed by atoms with Gasteiger partial charge in [-0.25, -0.2) is 0 Å². The van der Waals surface area contributed by atoms with E-state index in [0.29, 0.717) is 31.1 Å². The number of carbonyl (C=O) groups excluding carboxylic acids is 3. The van der Waals surface area contributed by atoms with Gasteiger partial charge in [0.1, 0.15) is 11.7 Å². The summed E-state index contributed by atoms with van der Waals surface area (Å²) < 4.78 is 0. The number of Topliss-reactive ketones (excluding diaryl/α,β-unsaturated/α-hetero) is 2. The molecule has 0 saturated heterocycles. The van der Waals surface area contributed by atoms with E-state index in [1.54, 1.807) is 6.92 Å². The van der Waals surface area contributed by atoms with Crippen molar-refractivity contribution in [2.24, 2.45) is 5.41 Å². The van der Waals surface area contributed by atoms with Crippen LogP contribution in [0.1, 0.15) is 31.7 Å². The third kappa shape index (κ3) is 2.28. The van der Waals surface area contributed by atoms with E-state index in [1.165, 1.54) is 6.08 Å². The van der Waals surface area contributed by atoms with Crippen LogP contribution < -0.4 is 0 Å². The molecule has 0 aromatic heterocycles. The van der Waals surface area contributed by atoms with Crippen molar-refractivity contribution in [3.63, 3.8) is 0 Å². The Hall–Kier alpha value is -2.03. The van der Waals surface area contributed by atoms with Gasteiger partial charge in [-0.2, -0.15) is 0 Å². The molecule has 0 unspecified atom stereocenters. The number of hydrogen-bond donors (Lipinski definition) is 0. The van der Waals surface area contributed by atoms with E-state index in [1.807, 2.05) is 30.3 Å². The maximum absolute atomic E-state index is 12.2. The summed E-state index contributed by atoms with van der Waals surface area (Å²) >= 11 is 0. The minimum Gasteiger partial charge on any atom is -0.299 e. The minimum absolute atomic E-state index is 0.0966. The van der Waals surface area contributed by atoms with Crippen LogP contribution in [0.25, 0.3) is 5.57 Å². The molecule has 1 aromatic carbocycles. The fourth-order valence-corrected chi connectivity index (χ4v) is 2.60. The van der Waals surface area contributed by atoms with E-state index in [0.717, 1.165) is 5.56 Å². The molecule has 1 saturated carbocycles. The zero-order valence-electron chi connectivity index (χ0n) is 10.9. The van der Waals surface area contributed by atoms with E-state index in [2.05, 4.69) is 0 Å².